The first-order valence-electron chi connectivity index (χ1n) is 13.5. The average molecular weight is 589 g/mol. The number of hydrogen-bond donors (Lipinski definition) is 5. The third-order valence-electron chi connectivity index (χ3n) is 7.05. The zero-order chi connectivity index (χ0) is 31.1. The molecule has 12 nitrogen and oxygen atoms in total. The smallest absolute Gasteiger partial charge is 0.326 e. The van der Waals surface area contributed by atoms with Crippen LogP contribution in [0.25, 0.3) is 0 Å². The molecule has 1 aliphatic heterocycles. The molecule has 2 unspecified atom stereocenters. The van der Waals surface area contributed by atoms with Gasteiger partial charge in [-0.25, -0.2) is 9.59 Å². The van der Waals surface area contributed by atoms with E-state index in [0.717, 1.165) is 5.56 Å². The van der Waals surface area contributed by atoms with E-state index in [1.807, 2.05) is 0 Å². The number of nitrogens with one attached hydrogen (secondary N) is 3. The number of carbonyl (C=O) groups excluding carboxylic acids is 3. The van der Waals surface area contributed by atoms with Gasteiger partial charge in [0.1, 0.15) is 17.8 Å². The second-order valence-electron chi connectivity index (χ2n) is 10.1. The van der Waals surface area contributed by atoms with Crippen molar-refractivity contribution in [2.75, 3.05) is 17.7 Å². The lowest BCUT2D eigenvalue weighted by atomic mass is 10.0. The lowest BCUT2D eigenvalue weighted by molar-refractivity contribution is -0.144. The van der Waals surface area contributed by atoms with Gasteiger partial charge in [-0.3, -0.25) is 14.4 Å². The lowest BCUT2D eigenvalue weighted by Gasteiger charge is -2.25. The number of anilines is 2. The summed E-state index contributed by atoms with van der Waals surface area (Å²) >= 11 is 0. The van der Waals surface area contributed by atoms with Crippen molar-refractivity contribution >= 4 is 41.2 Å². The molecule has 0 saturated carbocycles. The Bertz CT molecular complexity index is 1520. The molecule has 2 atom stereocenters. The summed E-state index contributed by atoms with van der Waals surface area (Å²) in [6.45, 7) is 1.43. The first-order valence-corrected chi connectivity index (χ1v) is 13.5. The van der Waals surface area contributed by atoms with Gasteiger partial charge in [-0.05, 0) is 65.1 Å². The molecule has 0 aromatic heterocycles. The van der Waals surface area contributed by atoms with Crippen molar-refractivity contribution < 1.29 is 38.9 Å². The topological polar surface area (TPSA) is 174 Å². The summed E-state index contributed by atoms with van der Waals surface area (Å²) in [7, 11) is 1.54. The molecule has 43 heavy (non-hydrogen) atoms. The fraction of sp³-hybridized carbons (Fsp3) is 0.258. The van der Waals surface area contributed by atoms with E-state index >= 15 is 0 Å². The highest BCUT2D eigenvalue weighted by Crippen LogP contribution is 2.36. The van der Waals surface area contributed by atoms with Crippen LogP contribution in [0.5, 0.6) is 5.75 Å². The standard InChI is InChI=1S/C31H32N4O8/c1-18(36)35-17-21-16-23(33-31(42)32-22-8-11-24(43-2)12-9-22)10-13-25(21)28(35)29(39)34-26(30(40)41)15-20-5-3-19(4-6-20)7-14-27(37)38/h3-6,8-13,16,26,28H,7,14-15,17H2,1-2H3,(H,34,39)(H,37,38)(H,40,41)(H2,32,33,42). The molecule has 3 aromatic carbocycles. The molecule has 1 heterocycles. The Hall–Kier alpha value is -5.39. The number of rotatable bonds is 11. The molecule has 1 aliphatic rings. The van der Waals surface area contributed by atoms with Crippen molar-refractivity contribution in [2.45, 2.75) is 44.8 Å². The number of carboxylic acid groups (broad SMARTS) is 2. The molecule has 3 aromatic rings. The highest BCUT2D eigenvalue weighted by atomic mass is 16.5. The van der Waals surface area contributed by atoms with Gasteiger partial charge in [0.25, 0.3) is 0 Å². The van der Waals surface area contributed by atoms with Crippen molar-refractivity contribution in [3.8, 4) is 5.75 Å². The number of carbonyl (C=O) groups is 5. The molecule has 0 spiro atoms. The number of aliphatic carboxylic acids is 2. The van der Waals surface area contributed by atoms with E-state index in [2.05, 4.69) is 16.0 Å². The van der Waals surface area contributed by atoms with Gasteiger partial charge in [0.05, 0.1) is 7.11 Å². The van der Waals surface area contributed by atoms with E-state index < -0.39 is 36.0 Å². The maximum atomic E-state index is 13.4. The molecule has 224 valence electrons. The quantitative estimate of drug-likeness (QED) is 0.226. The Kier molecular flexibility index (Phi) is 9.61. The highest BCUT2D eigenvalue weighted by molar-refractivity contribution is 6.00. The number of nitrogens with zero attached hydrogens (tertiary/aromatic N) is 1. The van der Waals surface area contributed by atoms with E-state index in [4.69, 9.17) is 9.84 Å². The Morgan fingerprint density at radius 3 is 2.14 bits per heavy atom. The Morgan fingerprint density at radius 2 is 1.53 bits per heavy atom. The van der Waals surface area contributed by atoms with Crippen LogP contribution in [0.2, 0.25) is 0 Å². The van der Waals surface area contributed by atoms with Crippen molar-refractivity contribution in [2.24, 2.45) is 0 Å². The minimum Gasteiger partial charge on any atom is -0.497 e. The Balaban J connectivity index is 1.44. The molecular formula is C31H32N4O8. The van der Waals surface area contributed by atoms with Crippen LogP contribution in [0.4, 0.5) is 16.2 Å². The average Bonchev–Trinajstić information content (AvgIpc) is 3.36. The zero-order valence-electron chi connectivity index (χ0n) is 23.6. The third kappa shape index (κ3) is 7.88. The summed E-state index contributed by atoms with van der Waals surface area (Å²) in [5.74, 6) is -2.51. The molecule has 0 bridgehead atoms. The predicted molar refractivity (Wildman–Crippen MR) is 157 cm³/mol. The minimum atomic E-state index is -1.27. The summed E-state index contributed by atoms with van der Waals surface area (Å²) in [6.07, 6.45) is 0.324. The van der Waals surface area contributed by atoms with Crippen LogP contribution in [0, 0.1) is 0 Å². The van der Waals surface area contributed by atoms with Crippen LogP contribution in [0.1, 0.15) is 41.6 Å². The van der Waals surface area contributed by atoms with Gasteiger partial charge in [-0.1, -0.05) is 30.3 Å². The summed E-state index contributed by atoms with van der Waals surface area (Å²) < 4.78 is 5.11. The van der Waals surface area contributed by atoms with Gasteiger partial charge in [-0.2, -0.15) is 0 Å². The maximum absolute atomic E-state index is 13.4. The summed E-state index contributed by atoms with van der Waals surface area (Å²) in [6, 6.07) is 15.8. The highest BCUT2D eigenvalue weighted by Gasteiger charge is 2.38. The van der Waals surface area contributed by atoms with E-state index in [-0.39, 0.29) is 25.3 Å². The largest absolute Gasteiger partial charge is 0.497 e. The van der Waals surface area contributed by atoms with E-state index in [9.17, 15) is 29.1 Å². The first kappa shape index (κ1) is 30.6. The van der Waals surface area contributed by atoms with E-state index in [1.54, 1.807) is 73.8 Å². The number of methoxy groups -OCH3 is 1. The van der Waals surface area contributed by atoms with Gasteiger partial charge in [0.2, 0.25) is 11.8 Å². The van der Waals surface area contributed by atoms with Gasteiger partial charge in [0.15, 0.2) is 0 Å². The number of ether oxygens (including phenoxy) is 1. The van der Waals surface area contributed by atoms with Crippen LogP contribution in [-0.2, 0) is 38.6 Å². The molecule has 0 radical (unpaired) electrons. The maximum Gasteiger partial charge on any atom is 0.326 e. The van der Waals surface area contributed by atoms with E-state index in [0.29, 0.717) is 40.2 Å². The Morgan fingerprint density at radius 1 is 0.907 bits per heavy atom. The molecule has 4 amide bonds. The lowest BCUT2D eigenvalue weighted by Crippen LogP contribution is -2.47. The van der Waals surface area contributed by atoms with Gasteiger partial charge in [0, 0.05) is 37.7 Å². The summed E-state index contributed by atoms with van der Waals surface area (Å²) in [4.78, 5) is 62.6. The molecule has 0 fully saturated rings. The number of fused-ring (bicyclic) bond motifs is 1. The first-order chi connectivity index (χ1) is 20.5. The minimum absolute atomic E-state index is 0.00784. The third-order valence-corrected chi connectivity index (χ3v) is 7.05. The van der Waals surface area contributed by atoms with Crippen molar-refractivity contribution in [1.29, 1.82) is 0 Å². The van der Waals surface area contributed by atoms with Crippen LogP contribution >= 0.6 is 0 Å². The number of hydrogen-bond acceptors (Lipinski definition) is 6. The van der Waals surface area contributed by atoms with Gasteiger partial charge < -0.3 is 35.8 Å². The second-order valence-corrected chi connectivity index (χ2v) is 10.1. The number of aryl methyl sites for hydroxylation is 1. The fourth-order valence-electron chi connectivity index (χ4n) is 4.85. The SMILES string of the molecule is COc1ccc(NC(=O)Nc2ccc3c(c2)CN(C(C)=O)C3C(=O)NC(Cc2ccc(CCC(=O)O)cc2)C(=O)O)cc1. The Labute approximate surface area is 247 Å². The predicted octanol–water partition coefficient (Wildman–Crippen LogP) is 3.57. The zero-order valence-corrected chi connectivity index (χ0v) is 23.6. The van der Waals surface area contributed by atoms with Gasteiger partial charge in [-0.15, -0.1) is 0 Å². The van der Waals surface area contributed by atoms with Crippen LogP contribution in [0.15, 0.2) is 66.7 Å². The number of urea groups is 1. The normalized spacial score (nSPS) is 14.3. The summed E-state index contributed by atoms with van der Waals surface area (Å²) in [5, 5.41) is 26.7. The van der Waals surface area contributed by atoms with Crippen molar-refractivity contribution in [3.05, 3.63) is 89.0 Å². The van der Waals surface area contributed by atoms with Crippen LogP contribution in [-0.4, -0.2) is 58.0 Å². The molecular weight excluding hydrogens is 556 g/mol. The van der Waals surface area contributed by atoms with Crippen LogP contribution in [0.3, 0.4) is 0 Å². The number of amides is 4. The monoisotopic (exact) mass is 588 g/mol. The van der Waals surface area contributed by atoms with Crippen molar-refractivity contribution in [3.63, 3.8) is 0 Å². The van der Waals surface area contributed by atoms with Gasteiger partial charge >= 0.3 is 18.0 Å². The summed E-state index contributed by atoms with van der Waals surface area (Å²) in [5.41, 5.74) is 3.62. The molecule has 0 saturated heterocycles. The molecule has 4 rings (SSSR count). The second kappa shape index (κ2) is 13.5. The van der Waals surface area contributed by atoms with Crippen molar-refractivity contribution in [1.82, 2.24) is 10.2 Å². The molecule has 12 heteroatoms. The fourth-order valence-corrected chi connectivity index (χ4v) is 4.85. The number of benzene rings is 3. The van der Waals surface area contributed by atoms with Crippen LogP contribution < -0.4 is 20.7 Å². The number of carboxylic acids is 2. The molecule has 0 aliphatic carbocycles. The molecule has 5 N–H and O–H groups in total. The van der Waals surface area contributed by atoms with E-state index in [1.165, 1.54) is 11.8 Å².